The summed E-state index contributed by atoms with van der Waals surface area (Å²) >= 11 is 0. The Balaban J connectivity index is -0.00000000500. The third kappa shape index (κ3) is 23.7. The molecule has 0 bridgehead atoms. The average molecular weight is 144 g/mol. The van der Waals surface area contributed by atoms with E-state index in [4.69, 9.17) is 5.26 Å². The molecule has 0 radical (unpaired) electrons. The van der Waals surface area contributed by atoms with Gasteiger partial charge in [-0.05, 0) is 0 Å². The van der Waals surface area contributed by atoms with Crippen LogP contribution in [0.4, 0.5) is 0 Å². The smallest absolute Gasteiger partial charge is 0.0462 e. The van der Waals surface area contributed by atoms with Crippen molar-refractivity contribution in [2.75, 3.05) is 0 Å². The van der Waals surface area contributed by atoms with Gasteiger partial charge in [0.15, 0.2) is 0 Å². The molecule has 0 aliphatic heterocycles. The summed E-state index contributed by atoms with van der Waals surface area (Å²) in [6.45, 7) is 3.50. The Kier molecular flexibility index (Phi) is 582. The minimum Gasteiger partial charge on any atom is -0.202 e. The molecule has 0 saturated heterocycles. The molecule has 4 heavy (non-hydrogen) atoms. The van der Waals surface area contributed by atoms with Crippen molar-refractivity contribution in [2.24, 2.45) is 0 Å². The molecule has 3 heteroatoms. The summed E-state index contributed by atoms with van der Waals surface area (Å²) in [5.74, 6) is 0. The Labute approximate surface area is 45.2 Å². The molecule has 0 unspecified atom stereocenters. The molecule has 0 N–H and O–H groups in total. The van der Waals surface area contributed by atoms with Crippen LogP contribution in [0.3, 0.4) is 0 Å². The second kappa shape index (κ2) is 93.8. The summed E-state index contributed by atoms with van der Waals surface area (Å²) in [6, 6.07) is 0. The van der Waals surface area contributed by atoms with Crippen LogP contribution in [0, 0.1) is 11.8 Å². The number of rotatable bonds is 0. The van der Waals surface area contributed by atoms with Gasteiger partial charge in [-0.25, -0.2) is 5.26 Å². The molecule has 30 valence electrons. The zero-order valence-electron chi connectivity index (χ0n) is 1.66. The summed E-state index contributed by atoms with van der Waals surface area (Å²) in [6.07, 6.45) is 0. The van der Waals surface area contributed by atoms with Gasteiger partial charge in [-0.15, -0.1) is 0 Å². The molecule has 0 atom stereocenters. The van der Waals surface area contributed by atoms with Gasteiger partial charge in [0.05, 0.1) is 0 Å². The second-order valence-electron chi connectivity index (χ2n) is 0. The average Bonchev–Trinajstić information content (AvgIpc) is 1.00. The maximum absolute atomic E-state index is 6.50. The fourth-order valence-electron chi connectivity index (χ4n) is 0. The predicted octanol–water partition coefficient (Wildman–Crippen LogP) is 0.135. The Morgan fingerprint density at radius 1 is 1.00 bits per heavy atom. The van der Waals surface area contributed by atoms with E-state index >= 15 is 0 Å². The summed E-state index contributed by atoms with van der Waals surface area (Å²) in [7, 11) is 0. The number of hydrogen-bond donors (Lipinski definition) is 0. The summed E-state index contributed by atoms with van der Waals surface area (Å²) in [5.41, 5.74) is 0. The van der Waals surface area contributed by atoms with E-state index in [1.165, 1.54) is 0 Å². The molecule has 0 aromatic carbocycles. The zero-order valence-corrected chi connectivity index (χ0v) is 3.63. The van der Waals surface area contributed by atoms with E-state index in [-0.39, 0.29) is 33.0 Å². The Morgan fingerprint density at radius 3 is 1.00 bits per heavy atom. The number of hydrogen-bond acceptors (Lipinski definition) is 1. The SMILES string of the molecule is C#N.[Ni].[Ni]. The van der Waals surface area contributed by atoms with Crippen molar-refractivity contribution < 1.29 is 33.0 Å². The van der Waals surface area contributed by atoms with Crippen LogP contribution in [-0.2, 0) is 33.0 Å². The minimum atomic E-state index is 0. The number of nitriles is 1. The molecule has 0 fully saturated rings. The third-order valence-electron chi connectivity index (χ3n) is 0. The van der Waals surface area contributed by atoms with Crippen LogP contribution in [-0.4, -0.2) is 0 Å². The fourth-order valence-corrected chi connectivity index (χ4v) is 0. The molecule has 0 aromatic heterocycles. The standard InChI is InChI=1S/CHN.2Ni/c1-2;;/h1H;;. The molecule has 0 spiro atoms. The topological polar surface area (TPSA) is 23.8 Å². The maximum Gasteiger partial charge on any atom is 0.0462 e. The van der Waals surface area contributed by atoms with Gasteiger partial charge in [0, 0.05) is 39.6 Å². The van der Waals surface area contributed by atoms with Crippen LogP contribution in [0.25, 0.3) is 0 Å². The van der Waals surface area contributed by atoms with E-state index in [0.717, 1.165) is 0 Å². The minimum absolute atomic E-state index is 0. The van der Waals surface area contributed by atoms with Crippen molar-refractivity contribution in [1.82, 2.24) is 0 Å². The van der Waals surface area contributed by atoms with Crippen molar-refractivity contribution in [3.63, 3.8) is 0 Å². The Hall–Kier alpha value is 0.477. The van der Waals surface area contributed by atoms with Crippen LogP contribution in [0.2, 0.25) is 0 Å². The van der Waals surface area contributed by atoms with Gasteiger partial charge in [-0.2, -0.15) is 0 Å². The van der Waals surface area contributed by atoms with Crippen LogP contribution in [0.1, 0.15) is 0 Å². The van der Waals surface area contributed by atoms with E-state index in [2.05, 4.69) is 6.57 Å². The molecule has 0 heterocycles. The molecule has 1 nitrogen and oxygen atoms in total. The molecular weight excluding hydrogens is 143 g/mol. The van der Waals surface area contributed by atoms with Crippen LogP contribution < -0.4 is 0 Å². The summed E-state index contributed by atoms with van der Waals surface area (Å²) in [5, 5.41) is 6.50. The van der Waals surface area contributed by atoms with E-state index in [1.807, 2.05) is 0 Å². The van der Waals surface area contributed by atoms with Gasteiger partial charge >= 0.3 is 0 Å². The Morgan fingerprint density at radius 2 is 1.00 bits per heavy atom. The molecule has 0 aromatic rings. The van der Waals surface area contributed by atoms with Crippen molar-refractivity contribution in [3.8, 4) is 6.57 Å². The fraction of sp³-hybridized carbons (Fsp3) is 0. The largest absolute Gasteiger partial charge is 0.202 e. The van der Waals surface area contributed by atoms with Crippen LogP contribution in [0.5, 0.6) is 0 Å². The van der Waals surface area contributed by atoms with Gasteiger partial charge < -0.3 is 0 Å². The quantitative estimate of drug-likeness (QED) is 0.444. The predicted molar refractivity (Wildman–Crippen MR) is 6.67 cm³/mol. The first kappa shape index (κ1) is 24.8. The van der Waals surface area contributed by atoms with Gasteiger partial charge in [-0.1, -0.05) is 0 Å². The van der Waals surface area contributed by atoms with Gasteiger partial charge in [-0.3, -0.25) is 0 Å². The van der Waals surface area contributed by atoms with E-state index in [0.29, 0.717) is 0 Å². The normalized spacial score (nSPS) is 0.500. The summed E-state index contributed by atoms with van der Waals surface area (Å²) in [4.78, 5) is 0. The second-order valence-corrected chi connectivity index (χ2v) is 0. The molecule has 0 rings (SSSR count). The first-order valence-corrected chi connectivity index (χ1v) is 0.258. The monoisotopic (exact) mass is 143 g/mol. The maximum atomic E-state index is 6.50. The first-order chi connectivity index (χ1) is 1.00. The van der Waals surface area contributed by atoms with Crippen molar-refractivity contribution in [3.05, 3.63) is 0 Å². The van der Waals surface area contributed by atoms with Gasteiger partial charge in [0.25, 0.3) is 0 Å². The molecule has 0 aliphatic carbocycles. The first-order valence-electron chi connectivity index (χ1n) is 0.258. The van der Waals surface area contributed by atoms with Crippen LogP contribution in [0.15, 0.2) is 0 Å². The van der Waals surface area contributed by atoms with Gasteiger partial charge in [0.1, 0.15) is 0 Å². The molecular formula is CHNNi2. The van der Waals surface area contributed by atoms with Crippen molar-refractivity contribution in [1.29, 1.82) is 5.26 Å². The Bertz CT molecular complexity index is 10.8. The van der Waals surface area contributed by atoms with Gasteiger partial charge in [0.2, 0.25) is 0 Å². The number of nitrogens with zero attached hydrogens (tertiary/aromatic N) is 1. The molecule has 0 aliphatic rings. The van der Waals surface area contributed by atoms with Crippen LogP contribution >= 0.6 is 0 Å². The van der Waals surface area contributed by atoms with E-state index in [1.54, 1.807) is 0 Å². The summed E-state index contributed by atoms with van der Waals surface area (Å²) < 4.78 is 0. The zero-order chi connectivity index (χ0) is 2.00. The van der Waals surface area contributed by atoms with Crippen molar-refractivity contribution in [2.45, 2.75) is 0 Å². The molecule has 0 amide bonds. The molecule has 0 saturated carbocycles. The van der Waals surface area contributed by atoms with E-state index in [9.17, 15) is 0 Å². The van der Waals surface area contributed by atoms with E-state index < -0.39 is 0 Å². The van der Waals surface area contributed by atoms with Crippen molar-refractivity contribution >= 4 is 0 Å². The third-order valence-corrected chi connectivity index (χ3v) is 0.